The number of hydrogen-bond donors (Lipinski definition) is 1. The van der Waals surface area contributed by atoms with Crippen LogP contribution in [0.1, 0.15) is 16.7 Å². The Labute approximate surface area is 192 Å². The van der Waals surface area contributed by atoms with Crippen molar-refractivity contribution in [1.29, 1.82) is 0 Å². The van der Waals surface area contributed by atoms with E-state index in [2.05, 4.69) is 10.5 Å². The SMILES string of the molecule is O=C(Cc1ccc(F)cc1)N/N=C/c1cc(Cl)c(OCc2ccc([N+](=O)[O-])cc2)c(Cl)c1. The first-order chi connectivity index (χ1) is 15.3. The van der Waals surface area contributed by atoms with Crippen LogP contribution in [0.5, 0.6) is 5.75 Å². The maximum atomic E-state index is 12.9. The number of carbonyl (C=O) groups is 1. The molecule has 3 aromatic carbocycles. The van der Waals surface area contributed by atoms with Crippen molar-refractivity contribution in [3.63, 3.8) is 0 Å². The molecule has 32 heavy (non-hydrogen) atoms. The molecule has 0 bridgehead atoms. The normalized spacial score (nSPS) is 10.8. The van der Waals surface area contributed by atoms with Crippen LogP contribution in [-0.4, -0.2) is 17.0 Å². The lowest BCUT2D eigenvalue weighted by Gasteiger charge is -2.11. The molecule has 0 spiro atoms. The van der Waals surface area contributed by atoms with E-state index in [0.29, 0.717) is 16.7 Å². The Balaban J connectivity index is 1.57. The van der Waals surface area contributed by atoms with E-state index in [9.17, 15) is 19.3 Å². The van der Waals surface area contributed by atoms with Crippen molar-refractivity contribution in [2.75, 3.05) is 0 Å². The van der Waals surface area contributed by atoms with Crippen molar-refractivity contribution in [3.8, 4) is 5.75 Å². The smallest absolute Gasteiger partial charge is 0.269 e. The summed E-state index contributed by atoms with van der Waals surface area (Å²) in [6, 6.07) is 14.6. The molecule has 0 saturated carbocycles. The Morgan fingerprint density at radius 2 is 1.66 bits per heavy atom. The molecule has 0 aromatic heterocycles. The first kappa shape index (κ1) is 23.2. The van der Waals surface area contributed by atoms with Gasteiger partial charge in [0.15, 0.2) is 5.75 Å². The van der Waals surface area contributed by atoms with E-state index < -0.39 is 4.92 Å². The lowest BCUT2D eigenvalue weighted by atomic mass is 10.1. The monoisotopic (exact) mass is 475 g/mol. The van der Waals surface area contributed by atoms with Crippen LogP contribution >= 0.6 is 23.2 Å². The van der Waals surface area contributed by atoms with Crippen LogP contribution in [0.2, 0.25) is 10.0 Å². The zero-order valence-corrected chi connectivity index (χ0v) is 17.9. The molecule has 3 aromatic rings. The number of nitrogens with one attached hydrogen (secondary N) is 1. The number of benzene rings is 3. The van der Waals surface area contributed by atoms with Crippen LogP contribution in [0.25, 0.3) is 0 Å². The van der Waals surface area contributed by atoms with E-state index >= 15 is 0 Å². The number of nitrogens with zero attached hydrogens (tertiary/aromatic N) is 2. The van der Waals surface area contributed by atoms with Gasteiger partial charge in [-0.2, -0.15) is 5.10 Å². The molecule has 0 aliphatic carbocycles. The fraction of sp³-hybridized carbons (Fsp3) is 0.0909. The molecule has 7 nitrogen and oxygen atoms in total. The molecule has 0 heterocycles. The summed E-state index contributed by atoms with van der Waals surface area (Å²) in [5.74, 6) is -0.488. The Morgan fingerprint density at radius 1 is 1.06 bits per heavy atom. The summed E-state index contributed by atoms with van der Waals surface area (Å²) in [4.78, 5) is 22.2. The van der Waals surface area contributed by atoms with Gasteiger partial charge in [-0.1, -0.05) is 35.3 Å². The number of ether oxygens (including phenoxy) is 1. The van der Waals surface area contributed by atoms with Gasteiger partial charge in [-0.15, -0.1) is 0 Å². The molecule has 10 heteroatoms. The summed E-state index contributed by atoms with van der Waals surface area (Å²) < 4.78 is 18.6. The predicted molar refractivity (Wildman–Crippen MR) is 120 cm³/mol. The average Bonchev–Trinajstić information content (AvgIpc) is 2.75. The molecule has 0 radical (unpaired) electrons. The van der Waals surface area contributed by atoms with Crippen LogP contribution in [0.4, 0.5) is 10.1 Å². The molecule has 3 rings (SSSR count). The van der Waals surface area contributed by atoms with Gasteiger partial charge in [-0.05, 0) is 53.1 Å². The average molecular weight is 476 g/mol. The predicted octanol–water partition coefficient (Wildman–Crippen LogP) is 5.31. The molecule has 1 amide bonds. The second kappa shape index (κ2) is 10.7. The summed E-state index contributed by atoms with van der Waals surface area (Å²) in [7, 11) is 0. The van der Waals surface area contributed by atoms with Crippen molar-refractivity contribution in [3.05, 3.63) is 103 Å². The lowest BCUT2D eigenvalue weighted by molar-refractivity contribution is -0.384. The number of non-ortho nitro benzene ring substituents is 1. The minimum absolute atomic E-state index is 0.0155. The minimum atomic E-state index is -0.482. The summed E-state index contributed by atoms with van der Waals surface area (Å²) in [6.07, 6.45) is 1.43. The fourth-order valence-electron chi connectivity index (χ4n) is 2.67. The molecular formula is C22H16Cl2FN3O4. The lowest BCUT2D eigenvalue weighted by Crippen LogP contribution is -2.19. The maximum absolute atomic E-state index is 12.9. The molecule has 0 aliphatic rings. The van der Waals surface area contributed by atoms with Crippen molar-refractivity contribution in [1.82, 2.24) is 5.43 Å². The zero-order chi connectivity index (χ0) is 23.1. The third-order valence-electron chi connectivity index (χ3n) is 4.23. The Kier molecular flexibility index (Phi) is 7.75. The fourth-order valence-corrected chi connectivity index (χ4v) is 3.28. The Bertz CT molecular complexity index is 1130. The van der Waals surface area contributed by atoms with Crippen molar-refractivity contribution >= 4 is 41.0 Å². The van der Waals surface area contributed by atoms with Gasteiger partial charge in [-0.25, -0.2) is 9.82 Å². The second-order valence-corrected chi connectivity index (χ2v) is 7.44. The van der Waals surface area contributed by atoms with Gasteiger partial charge in [-0.3, -0.25) is 14.9 Å². The van der Waals surface area contributed by atoms with Gasteiger partial charge in [0.05, 0.1) is 27.6 Å². The summed E-state index contributed by atoms with van der Waals surface area (Å²) in [5.41, 5.74) is 4.25. The highest BCUT2D eigenvalue weighted by Crippen LogP contribution is 2.34. The van der Waals surface area contributed by atoms with Crippen molar-refractivity contribution in [2.45, 2.75) is 13.0 Å². The standard InChI is InChI=1S/C22H16Cl2FN3O4/c23-19-9-16(12-26-27-21(29)11-14-1-5-17(25)6-2-14)10-20(24)22(19)32-13-15-3-7-18(8-4-15)28(30)31/h1-10,12H,11,13H2,(H,27,29)/b26-12+. The summed E-state index contributed by atoms with van der Waals surface area (Å²) >= 11 is 12.5. The molecule has 0 unspecified atom stereocenters. The van der Waals surface area contributed by atoms with Crippen LogP contribution in [0.15, 0.2) is 65.8 Å². The number of hydrogen-bond acceptors (Lipinski definition) is 5. The van der Waals surface area contributed by atoms with Gasteiger partial charge in [0, 0.05) is 12.1 Å². The number of nitro benzene ring substituents is 1. The quantitative estimate of drug-likeness (QED) is 0.271. The topological polar surface area (TPSA) is 93.8 Å². The first-order valence-electron chi connectivity index (χ1n) is 9.23. The van der Waals surface area contributed by atoms with Gasteiger partial charge in [0.25, 0.3) is 5.69 Å². The van der Waals surface area contributed by atoms with E-state index in [-0.39, 0.29) is 46.2 Å². The van der Waals surface area contributed by atoms with Crippen LogP contribution in [-0.2, 0) is 17.8 Å². The second-order valence-electron chi connectivity index (χ2n) is 6.62. The Hall–Kier alpha value is -3.49. The largest absolute Gasteiger partial charge is 0.486 e. The van der Waals surface area contributed by atoms with E-state index in [4.69, 9.17) is 27.9 Å². The number of halogens is 3. The number of amides is 1. The van der Waals surface area contributed by atoms with E-state index in [1.807, 2.05) is 0 Å². The van der Waals surface area contributed by atoms with Crippen LogP contribution in [0.3, 0.4) is 0 Å². The van der Waals surface area contributed by atoms with Gasteiger partial charge in [0.2, 0.25) is 5.91 Å². The summed E-state index contributed by atoms with van der Waals surface area (Å²) in [6.45, 7) is 0.115. The third kappa shape index (κ3) is 6.50. The van der Waals surface area contributed by atoms with Gasteiger partial charge in [0.1, 0.15) is 12.4 Å². The number of rotatable bonds is 8. The van der Waals surface area contributed by atoms with Crippen LogP contribution < -0.4 is 10.2 Å². The van der Waals surface area contributed by atoms with Crippen molar-refractivity contribution in [2.24, 2.45) is 5.10 Å². The highest BCUT2D eigenvalue weighted by molar-refractivity contribution is 6.37. The molecule has 0 atom stereocenters. The number of hydrazone groups is 1. The third-order valence-corrected chi connectivity index (χ3v) is 4.79. The van der Waals surface area contributed by atoms with E-state index in [0.717, 1.165) is 0 Å². The zero-order valence-electron chi connectivity index (χ0n) is 16.4. The molecule has 0 aliphatic heterocycles. The number of carbonyl (C=O) groups excluding carboxylic acids is 1. The Morgan fingerprint density at radius 3 is 2.25 bits per heavy atom. The molecular weight excluding hydrogens is 460 g/mol. The van der Waals surface area contributed by atoms with Gasteiger partial charge < -0.3 is 4.74 Å². The first-order valence-corrected chi connectivity index (χ1v) is 9.99. The summed E-state index contributed by atoms with van der Waals surface area (Å²) in [5, 5.41) is 15.1. The molecule has 1 N–H and O–H groups in total. The van der Waals surface area contributed by atoms with Crippen molar-refractivity contribution < 1.29 is 18.8 Å². The maximum Gasteiger partial charge on any atom is 0.269 e. The molecule has 0 fully saturated rings. The van der Waals surface area contributed by atoms with E-state index in [1.54, 1.807) is 24.3 Å². The number of nitro groups is 1. The molecule has 0 saturated heterocycles. The van der Waals surface area contributed by atoms with Crippen LogP contribution in [0, 0.1) is 15.9 Å². The molecule has 164 valence electrons. The van der Waals surface area contributed by atoms with E-state index in [1.165, 1.54) is 42.6 Å². The minimum Gasteiger partial charge on any atom is -0.486 e. The highest BCUT2D eigenvalue weighted by Gasteiger charge is 2.11. The van der Waals surface area contributed by atoms with Gasteiger partial charge >= 0.3 is 0 Å². The highest BCUT2D eigenvalue weighted by atomic mass is 35.5.